The highest BCUT2D eigenvalue weighted by Crippen LogP contribution is 2.22. The standard InChI is InChI=1S/C36H65N5O6.C16H25N3O4.C2H7N/c1-6-26(3)22-27(4)16-12-10-8-9-11-13-19-33(44)38-31(23-29(43)24-37-35(46)32-18-15-20-40(32)5)34(45)39-30(7-2)36(47)41-21-14-17-28(41)25-42;1-18-13(7-4-11-2-5-12(21)6-3-11)16(23)19-14(10-20)15(22)8-9-17;1-3-2/h25-32,43H,6-24H2,1-5H3,(H,37,46)(H,38,44)(H,39,45);2-3,5-6,10,13-15,18,21-22H,4,7-9,17H2,1H3,(H,19,23);3H,1-2H3/t26?,27?,28?,29-,30?,31+,32?;13?,14?,15-;/m11./s1. The number of aldehydes is 2. The van der Waals surface area contributed by atoms with Crippen molar-refractivity contribution in [2.75, 3.05) is 54.4 Å². The van der Waals surface area contributed by atoms with Crippen LogP contribution < -0.4 is 37.6 Å². The van der Waals surface area contributed by atoms with Gasteiger partial charge in [0.1, 0.15) is 36.4 Å². The van der Waals surface area contributed by atoms with Crippen LogP contribution in [0.2, 0.25) is 0 Å². The molecule has 0 aliphatic carbocycles. The number of aliphatic hydroxyl groups excluding tert-OH is 2. The fourth-order valence-electron chi connectivity index (χ4n) is 9.12. The molecule has 2 fully saturated rings. The summed E-state index contributed by atoms with van der Waals surface area (Å²) in [5, 5.41) is 46.4. The Labute approximate surface area is 437 Å². The second kappa shape index (κ2) is 39.0. The molecule has 2 heterocycles. The van der Waals surface area contributed by atoms with Crippen LogP contribution in [0.3, 0.4) is 0 Å². The van der Waals surface area contributed by atoms with Crippen LogP contribution in [0.4, 0.5) is 0 Å². The molecular formula is C54H97N9O10. The van der Waals surface area contributed by atoms with Gasteiger partial charge in [-0.1, -0.05) is 84.8 Å². The van der Waals surface area contributed by atoms with Crippen molar-refractivity contribution in [2.45, 2.75) is 198 Å². The Hall–Kier alpha value is -4.53. The van der Waals surface area contributed by atoms with Crippen molar-refractivity contribution in [1.29, 1.82) is 0 Å². The van der Waals surface area contributed by atoms with Crippen molar-refractivity contribution in [3.8, 4) is 5.75 Å². The third-order valence-corrected chi connectivity index (χ3v) is 13.8. The number of phenols is 1. The van der Waals surface area contributed by atoms with Crippen molar-refractivity contribution in [3.05, 3.63) is 29.8 Å². The number of aliphatic hydroxyl groups is 2. The molecule has 0 radical (unpaired) electrons. The van der Waals surface area contributed by atoms with Crippen molar-refractivity contribution in [1.82, 2.24) is 41.7 Å². The fraction of sp³-hybridized carbons (Fsp3) is 0.759. The molecule has 0 aromatic heterocycles. The second-order valence-electron chi connectivity index (χ2n) is 20.1. The van der Waals surface area contributed by atoms with Crippen LogP contribution in [0, 0.1) is 11.8 Å². The van der Waals surface area contributed by atoms with Gasteiger partial charge in [0.25, 0.3) is 0 Å². The smallest absolute Gasteiger partial charge is 0.245 e. The summed E-state index contributed by atoms with van der Waals surface area (Å²) in [6.07, 6.45) is 14.2. The van der Waals surface area contributed by atoms with Crippen LogP contribution in [0.1, 0.15) is 149 Å². The number of carbonyl (C=O) groups excluding carboxylic acids is 7. The number of unbranched alkanes of at least 4 members (excludes halogenated alkanes) is 5. The van der Waals surface area contributed by atoms with Gasteiger partial charge in [-0.05, 0) is 135 Å². The van der Waals surface area contributed by atoms with Gasteiger partial charge in [-0.2, -0.15) is 0 Å². The van der Waals surface area contributed by atoms with E-state index in [0.29, 0.717) is 44.9 Å². The summed E-state index contributed by atoms with van der Waals surface area (Å²) in [4.78, 5) is 90.4. The Bertz CT molecular complexity index is 1730. The first kappa shape index (κ1) is 66.5. The SMILES string of the molecule is CCC(C)CC(C)CCCCCCCCC(=O)N[C@@H](C[C@@H](O)CNC(=O)C1CCCN1C)C(=O)NC(CC)C(=O)N1CCCC1C=O.CNC.CNC(CCc1ccc(O)cc1)C(=O)NC(C=O)[C@H](O)CCN. The second-order valence-corrected chi connectivity index (χ2v) is 20.1. The molecule has 19 heteroatoms. The number of likely N-dealkylation sites (N-methyl/N-ethyl adjacent to an activating group) is 2. The zero-order chi connectivity index (χ0) is 54.7. The van der Waals surface area contributed by atoms with Crippen LogP contribution in [0.25, 0.3) is 0 Å². The van der Waals surface area contributed by atoms with Gasteiger partial charge in [0, 0.05) is 25.9 Å². The number of aryl methyl sites for hydroxylation is 1. The quantitative estimate of drug-likeness (QED) is 0.0358. The van der Waals surface area contributed by atoms with Gasteiger partial charge in [-0.15, -0.1) is 0 Å². The van der Waals surface area contributed by atoms with Crippen molar-refractivity contribution >= 4 is 42.1 Å². The number of amides is 5. The van der Waals surface area contributed by atoms with E-state index in [9.17, 15) is 48.9 Å². The van der Waals surface area contributed by atoms with Crippen LogP contribution in [0.5, 0.6) is 5.75 Å². The first-order valence-electron chi connectivity index (χ1n) is 27.1. The molecule has 7 unspecified atom stereocenters. The molecular weight excluding hydrogens is 935 g/mol. The number of nitrogens with one attached hydrogen (secondary N) is 6. The molecule has 2 aliphatic rings. The number of carbonyl (C=O) groups is 7. The van der Waals surface area contributed by atoms with Gasteiger partial charge in [-0.3, -0.25) is 28.9 Å². The Morgan fingerprint density at radius 3 is 1.97 bits per heavy atom. The highest BCUT2D eigenvalue weighted by atomic mass is 16.3. The van der Waals surface area contributed by atoms with E-state index >= 15 is 0 Å². The van der Waals surface area contributed by atoms with Gasteiger partial charge in [0.15, 0.2) is 0 Å². The van der Waals surface area contributed by atoms with Crippen molar-refractivity contribution in [3.63, 3.8) is 0 Å². The predicted molar refractivity (Wildman–Crippen MR) is 286 cm³/mol. The number of hydrogen-bond acceptors (Lipinski definition) is 14. The molecule has 19 nitrogen and oxygen atoms in total. The Morgan fingerprint density at radius 2 is 1.40 bits per heavy atom. The van der Waals surface area contributed by atoms with Crippen LogP contribution >= 0.6 is 0 Å². The molecule has 5 amide bonds. The molecule has 1 aromatic carbocycles. The van der Waals surface area contributed by atoms with Gasteiger partial charge in [0.2, 0.25) is 29.5 Å². The van der Waals surface area contributed by atoms with E-state index in [4.69, 9.17) is 5.73 Å². The van der Waals surface area contributed by atoms with Crippen molar-refractivity contribution in [2.24, 2.45) is 17.6 Å². The average Bonchev–Trinajstić information content (AvgIpc) is 4.04. The maximum absolute atomic E-state index is 13.5. The molecule has 418 valence electrons. The molecule has 2 aliphatic heterocycles. The molecule has 0 spiro atoms. The summed E-state index contributed by atoms with van der Waals surface area (Å²) in [6, 6.07) is 2.65. The summed E-state index contributed by atoms with van der Waals surface area (Å²) in [7, 11) is 7.30. The fourth-order valence-corrected chi connectivity index (χ4v) is 9.12. The molecule has 0 bridgehead atoms. The lowest BCUT2D eigenvalue weighted by Gasteiger charge is -2.28. The summed E-state index contributed by atoms with van der Waals surface area (Å²) < 4.78 is 0. The molecule has 3 rings (SSSR count). The summed E-state index contributed by atoms with van der Waals surface area (Å²) in [6.45, 7) is 10.2. The number of hydrogen-bond donors (Lipinski definition) is 10. The minimum absolute atomic E-state index is 0.0514. The first-order valence-corrected chi connectivity index (χ1v) is 27.1. The Kier molecular flexibility index (Phi) is 35.5. The van der Waals surface area contributed by atoms with Crippen LogP contribution in [-0.2, 0) is 40.0 Å². The van der Waals surface area contributed by atoms with Gasteiger partial charge >= 0.3 is 0 Å². The monoisotopic (exact) mass is 1030 g/mol. The zero-order valence-electron chi connectivity index (χ0n) is 45.7. The summed E-state index contributed by atoms with van der Waals surface area (Å²) in [5.74, 6) is 0.0643. The highest BCUT2D eigenvalue weighted by molar-refractivity contribution is 5.93. The number of nitrogens with two attached hydrogens (primary N) is 1. The van der Waals surface area contributed by atoms with Gasteiger partial charge in [-0.25, -0.2) is 0 Å². The minimum atomic E-state index is -1.08. The molecule has 2 saturated heterocycles. The van der Waals surface area contributed by atoms with Crippen LogP contribution in [0.15, 0.2) is 24.3 Å². The minimum Gasteiger partial charge on any atom is -0.508 e. The lowest BCUT2D eigenvalue weighted by molar-refractivity contribution is -0.139. The van der Waals surface area contributed by atoms with E-state index in [1.807, 2.05) is 26.0 Å². The van der Waals surface area contributed by atoms with Gasteiger partial charge < -0.3 is 67.4 Å². The lowest BCUT2D eigenvalue weighted by atomic mass is 9.91. The zero-order valence-corrected chi connectivity index (χ0v) is 45.7. The Balaban J connectivity index is 0.000000852. The topological polar surface area (TPSA) is 285 Å². The molecule has 11 N–H and O–H groups in total. The number of aromatic hydroxyl groups is 1. The summed E-state index contributed by atoms with van der Waals surface area (Å²) >= 11 is 0. The van der Waals surface area contributed by atoms with E-state index in [-0.39, 0.29) is 67.8 Å². The van der Waals surface area contributed by atoms with Crippen molar-refractivity contribution < 1.29 is 48.9 Å². The third-order valence-electron chi connectivity index (χ3n) is 13.8. The number of likely N-dealkylation sites (tertiary alicyclic amines) is 2. The normalized spacial score (nSPS) is 18.7. The highest BCUT2D eigenvalue weighted by Gasteiger charge is 2.35. The van der Waals surface area contributed by atoms with E-state index in [2.05, 4.69) is 52.7 Å². The van der Waals surface area contributed by atoms with Crippen LogP contribution in [-0.4, -0.2) is 170 Å². The maximum atomic E-state index is 13.5. The molecule has 10 atom stereocenters. The summed E-state index contributed by atoms with van der Waals surface area (Å²) in [5.41, 5.74) is 6.33. The Morgan fingerprint density at radius 1 is 0.767 bits per heavy atom. The average molecular weight is 1030 g/mol. The molecule has 1 aromatic rings. The van der Waals surface area contributed by atoms with E-state index in [1.54, 1.807) is 38.2 Å². The maximum Gasteiger partial charge on any atom is 0.245 e. The lowest BCUT2D eigenvalue weighted by Crippen LogP contribution is -2.56. The molecule has 73 heavy (non-hydrogen) atoms. The van der Waals surface area contributed by atoms with Gasteiger partial charge in [0.05, 0.1) is 30.3 Å². The largest absolute Gasteiger partial charge is 0.508 e. The predicted octanol–water partition coefficient (Wildman–Crippen LogP) is 2.85. The van der Waals surface area contributed by atoms with E-state index < -0.39 is 48.3 Å². The number of benzene rings is 1. The number of phenolic OH excluding ortho intramolecular Hbond substituents is 1. The van der Waals surface area contributed by atoms with E-state index in [0.717, 1.165) is 68.8 Å². The third kappa shape index (κ3) is 27.0. The number of rotatable bonds is 33. The van der Waals surface area contributed by atoms with E-state index in [1.165, 1.54) is 37.0 Å². The number of nitrogens with zero attached hydrogens (tertiary/aromatic N) is 2. The first-order chi connectivity index (χ1) is 34.9. The molecule has 0 saturated carbocycles.